The minimum absolute atomic E-state index is 0.513. The van der Waals surface area contributed by atoms with Gasteiger partial charge >= 0.3 is 0 Å². The second kappa shape index (κ2) is 15.7. The zero-order valence-corrected chi connectivity index (χ0v) is 6.50. The zero-order chi connectivity index (χ0) is 8.24. The van der Waals surface area contributed by atoms with Crippen molar-refractivity contribution in [3.05, 3.63) is 0 Å². The van der Waals surface area contributed by atoms with Gasteiger partial charge in [0.05, 0.1) is 0 Å². The molecule has 0 aliphatic carbocycles. The van der Waals surface area contributed by atoms with Crippen molar-refractivity contribution in [2.75, 3.05) is 14.2 Å². The molecule has 0 atom stereocenters. The fourth-order valence-electron chi connectivity index (χ4n) is 0.285. The number of carbonyl (C=O) groups excluding carboxylic acids is 2. The van der Waals surface area contributed by atoms with Crippen molar-refractivity contribution in [3.63, 3.8) is 0 Å². The Hall–Kier alpha value is -0.700. The molecule has 3 nitrogen and oxygen atoms in total. The summed E-state index contributed by atoms with van der Waals surface area (Å²) in [5, 5.41) is 0. The summed E-state index contributed by atoms with van der Waals surface area (Å²) in [5.74, 6) is 0. The largest absolute Gasteiger partial charge is 0.388 e. The monoisotopic (exact) mass is 146 g/mol. The molecule has 0 bridgehead atoms. The van der Waals surface area contributed by atoms with Crippen LogP contribution in [0, 0.1) is 0 Å². The van der Waals surface area contributed by atoms with E-state index in [0.29, 0.717) is 19.3 Å². The first-order valence-corrected chi connectivity index (χ1v) is 3.10. The fraction of sp³-hybridized carbons (Fsp3) is 0.714. The molecule has 0 N–H and O–H groups in total. The molecule has 0 aromatic rings. The fourth-order valence-corrected chi connectivity index (χ4v) is 0.285. The summed E-state index contributed by atoms with van der Waals surface area (Å²) in [4.78, 5) is 19.1. The number of methoxy groups -OCH3 is 1. The Morgan fingerprint density at radius 2 is 1.40 bits per heavy atom. The van der Waals surface area contributed by atoms with E-state index in [9.17, 15) is 9.59 Å². The van der Waals surface area contributed by atoms with Gasteiger partial charge in [-0.1, -0.05) is 0 Å². The Morgan fingerprint density at radius 1 is 1.10 bits per heavy atom. The minimum Gasteiger partial charge on any atom is -0.388 e. The van der Waals surface area contributed by atoms with E-state index < -0.39 is 0 Å². The molecule has 0 saturated heterocycles. The molecule has 10 heavy (non-hydrogen) atoms. The zero-order valence-electron chi connectivity index (χ0n) is 6.50. The van der Waals surface area contributed by atoms with E-state index in [2.05, 4.69) is 4.74 Å². The number of hydrogen-bond donors (Lipinski definition) is 0. The molecule has 0 saturated carbocycles. The van der Waals surface area contributed by atoms with Gasteiger partial charge in [0, 0.05) is 27.1 Å². The Kier molecular flexibility index (Phi) is 18.9. The predicted octanol–water partition coefficient (Wildman–Crippen LogP) is 0.817. The van der Waals surface area contributed by atoms with Crippen LogP contribution in [-0.2, 0) is 14.3 Å². The van der Waals surface area contributed by atoms with Crippen LogP contribution in [0.2, 0.25) is 0 Å². The molecule has 0 unspecified atom stereocenters. The first kappa shape index (κ1) is 12.0. The van der Waals surface area contributed by atoms with Gasteiger partial charge in [-0.05, 0) is 6.42 Å². The molecular weight excluding hydrogens is 132 g/mol. The van der Waals surface area contributed by atoms with Gasteiger partial charge in [0.1, 0.15) is 12.6 Å². The van der Waals surface area contributed by atoms with Gasteiger partial charge in [-0.25, -0.2) is 0 Å². The van der Waals surface area contributed by atoms with E-state index in [1.807, 2.05) is 0 Å². The molecular formula is C7H14O3. The van der Waals surface area contributed by atoms with Crippen LogP contribution in [0.4, 0.5) is 0 Å². The minimum atomic E-state index is 0.513. The standard InChI is InChI=1S/C5H8O2.C2H6O/c6-4-2-1-3-5-7;1-3-2/h4-5H,1-3H2;1-2H3. The summed E-state index contributed by atoms with van der Waals surface area (Å²) in [6, 6.07) is 0. The highest BCUT2D eigenvalue weighted by Gasteiger charge is 1.80. The average Bonchev–Trinajstić information content (AvgIpc) is 1.91. The predicted molar refractivity (Wildman–Crippen MR) is 38.9 cm³/mol. The molecule has 60 valence electrons. The Balaban J connectivity index is 0. The van der Waals surface area contributed by atoms with Crippen molar-refractivity contribution in [3.8, 4) is 0 Å². The highest BCUT2D eigenvalue weighted by molar-refractivity contribution is 5.52. The molecule has 0 aromatic heterocycles. The van der Waals surface area contributed by atoms with Crippen LogP contribution in [-0.4, -0.2) is 26.8 Å². The molecule has 0 aromatic carbocycles. The van der Waals surface area contributed by atoms with Crippen molar-refractivity contribution < 1.29 is 14.3 Å². The van der Waals surface area contributed by atoms with Crippen LogP contribution < -0.4 is 0 Å². The van der Waals surface area contributed by atoms with Gasteiger partial charge in [-0.3, -0.25) is 0 Å². The van der Waals surface area contributed by atoms with E-state index in [-0.39, 0.29) is 0 Å². The third-order valence-corrected chi connectivity index (χ3v) is 0.644. The number of unbranched alkanes of at least 4 members (excludes halogenated alkanes) is 2. The molecule has 0 spiro atoms. The lowest BCUT2D eigenvalue weighted by Crippen LogP contribution is -1.76. The maximum atomic E-state index is 9.56. The van der Waals surface area contributed by atoms with Crippen LogP contribution in [0.1, 0.15) is 19.3 Å². The van der Waals surface area contributed by atoms with Crippen LogP contribution >= 0.6 is 0 Å². The van der Waals surface area contributed by atoms with Gasteiger partial charge in [-0.15, -0.1) is 0 Å². The third-order valence-electron chi connectivity index (χ3n) is 0.644. The van der Waals surface area contributed by atoms with Crippen LogP contribution in [0.15, 0.2) is 0 Å². The highest BCUT2D eigenvalue weighted by Crippen LogP contribution is 1.85. The summed E-state index contributed by atoms with van der Waals surface area (Å²) in [7, 11) is 3.25. The summed E-state index contributed by atoms with van der Waals surface area (Å²) in [6.07, 6.45) is 3.37. The molecule has 0 amide bonds. The van der Waals surface area contributed by atoms with Gasteiger partial charge in [0.25, 0.3) is 0 Å². The lowest BCUT2D eigenvalue weighted by atomic mass is 10.3. The second-order valence-corrected chi connectivity index (χ2v) is 1.67. The molecule has 3 heteroatoms. The summed E-state index contributed by atoms with van der Waals surface area (Å²) in [6.45, 7) is 0. The second-order valence-electron chi connectivity index (χ2n) is 1.67. The Labute approximate surface area is 61.4 Å². The molecule has 0 rings (SSSR count). The van der Waals surface area contributed by atoms with E-state index >= 15 is 0 Å². The molecule has 0 aliphatic rings. The number of ether oxygens (including phenoxy) is 1. The van der Waals surface area contributed by atoms with Crippen molar-refractivity contribution in [2.24, 2.45) is 0 Å². The summed E-state index contributed by atoms with van der Waals surface area (Å²) >= 11 is 0. The normalized spacial score (nSPS) is 7.40. The molecule has 0 radical (unpaired) electrons. The first-order valence-electron chi connectivity index (χ1n) is 3.10. The lowest BCUT2D eigenvalue weighted by molar-refractivity contribution is -0.108. The number of hydrogen-bond acceptors (Lipinski definition) is 3. The number of rotatable bonds is 4. The third kappa shape index (κ3) is 26.6. The van der Waals surface area contributed by atoms with Gasteiger partial charge in [0.15, 0.2) is 0 Å². The number of carbonyl (C=O) groups is 2. The lowest BCUT2D eigenvalue weighted by Gasteiger charge is -1.78. The Morgan fingerprint density at radius 3 is 1.60 bits per heavy atom. The van der Waals surface area contributed by atoms with Crippen LogP contribution in [0.25, 0.3) is 0 Å². The highest BCUT2D eigenvalue weighted by atomic mass is 16.4. The first-order chi connectivity index (χ1) is 4.83. The van der Waals surface area contributed by atoms with Crippen molar-refractivity contribution in [1.82, 2.24) is 0 Å². The van der Waals surface area contributed by atoms with Gasteiger partial charge in [-0.2, -0.15) is 0 Å². The van der Waals surface area contributed by atoms with Crippen molar-refractivity contribution >= 4 is 12.6 Å². The van der Waals surface area contributed by atoms with E-state index in [1.54, 1.807) is 14.2 Å². The van der Waals surface area contributed by atoms with Crippen LogP contribution in [0.5, 0.6) is 0 Å². The maximum absolute atomic E-state index is 9.56. The smallest absolute Gasteiger partial charge is 0.120 e. The van der Waals surface area contributed by atoms with Crippen molar-refractivity contribution in [2.45, 2.75) is 19.3 Å². The topological polar surface area (TPSA) is 43.4 Å². The van der Waals surface area contributed by atoms with E-state index in [4.69, 9.17) is 0 Å². The van der Waals surface area contributed by atoms with Crippen molar-refractivity contribution in [1.29, 1.82) is 0 Å². The van der Waals surface area contributed by atoms with Crippen LogP contribution in [0.3, 0.4) is 0 Å². The van der Waals surface area contributed by atoms with Gasteiger partial charge < -0.3 is 14.3 Å². The van der Waals surface area contributed by atoms with Gasteiger partial charge in [0.2, 0.25) is 0 Å². The van der Waals surface area contributed by atoms with E-state index in [1.165, 1.54) is 0 Å². The average molecular weight is 146 g/mol. The van der Waals surface area contributed by atoms with E-state index in [0.717, 1.165) is 12.6 Å². The number of aldehydes is 2. The maximum Gasteiger partial charge on any atom is 0.120 e. The molecule has 0 fully saturated rings. The quantitative estimate of drug-likeness (QED) is 0.435. The summed E-state index contributed by atoms with van der Waals surface area (Å²) in [5.41, 5.74) is 0. The SMILES string of the molecule is COC.O=CCCCC=O. The molecule has 0 aliphatic heterocycles. The summed E-state index contributed by atoms with van der Waals surface area (Å²) < 4.78 is 4.25. The Bertz CT molecular complexity index is 63.3. The molecule has 0 heterocycles.